The number of aliphatic hydroxyl groups excluding tert-OH is 1. The highest BCUT2D eigenvalue weighted by Gasteiger charge is 2.31. The molecule has 1 aliphatic carbocycles. The van der Waals surface area contributed by atoms with E-state index in [9.17, 15) is 5.11 Å². The maximum Gasteiger partial charge on any atom is 0.195 e. The standard InChI is InChI=1S/C20H21N3O2S/c24-17(13-25-18-9-5-2-6-10-18)14-26-20-22-21-19(15-11-12-15)23(20)16-7-3-1-4-8-16/h1-10,15,17,24H,11-14H2/t17-/m0/s1. The summed E-state index contributed by atoms with van der Waals surface area (Å²) in [5.74, 6) is 2.79. The van der Waals surface area contributed by atoms with E-state index in [0.717, 1.165) is 22.4 Å². The fourth-order valence-electron chi connectivity index (χ4n) is 2.73. The predicted octanol–water partition coefficient (Wildman–Crippen LogP) is 3.68. The second kappa shape index (κ2) is 7.93. The molecule has 1 saturated carbocycles. The molecule has 1 fully saturated rings. The third-order valence-corrected chi connectivity index (χ3v) is 5.28. The molecule has 1 atom stereocenters. The number of thioether (sulfide) groups is 1. The second-order valence-electron chi connectivity index (χ2n) is 6.37. The molecule has 0 saturated heterocycles. The van der Waals surface area contributed by atoms with Gasteiger partial charge >= 0.3 is 0 Å². The van der Waals surface area contributed by atoms with E-state index in [-0.39, 0.29) is 6.61 Å². The third kappa shape index (κ3) is 4.08. The number of benzene rings is 2. The summed E-state index contributed by atoms with van der Waals surface area (Å²) in [5, 5.41) is 19.8. The molecule has 26 heavy (non-hydrogen) atoms. The van der Waals surface area contributed by atoms with Crippen LogP contribution >= 0.6 is 11.8 Å². The molecule has 1 aliphatic rings. The fraction of sp³-hybridized carbons (Fsp3) is 0.300. The maximum atomic E-state index is 10.3. The predicted molar refractivity (Wildman–Crippen MR) is 102 cm³/mol. The van der Waals surface area contributed by atoms with E-state index in [1.807, 2.05) is 48.5 Å². The average Bonchev–Trinajstić information content (AvgIpc) is 3.45. The van der Waals surface area contributed by atoms with Crippen molar-refractivity contribution < 1.29 is 9.84 Å². The first-order valence-electron chi connectivity index (χ1n) is 8.80. The van der Waals surface area contributed by atoms with Crippen LogP contribution < -0.4 is 4.74 Å². The highest BCUT2D eigenvalue weighted by Crippen LogP contribution is 2.41. The van der Waals surface area contributed by atoms with Gasteiger partial charge in [0.1, 0.15) is 18.2 Å². The number of hydrogen-bond acceptors (Lipinski definition) is 5. The molecule has 5 nitrogen and oxygen atoms in total. The van der Waals surface area contributed by atoms with E-state index >= 15 is 0 Å². The number of rotatable bonds is 8. The Morgan fingerprint density at radius 1 is 1.04 bits per heavy atom. The van der Waals surface area contributed by atoms with Crippen molar-refractivity contribution >= 4 is 11.8 Å². The third-order valence-electron chi connectivity index (χ3n) is 4.21. The molecule has 1 aromatic heterocycles. The van der Waals surface area contributed by atoms with Crippen LogP contribution in [-0.4, -0.2) is 38.3 Å². The molecule has 2 aromatic carbocycles. The maximum absolute atomic E-state index is 10.3. The number of hydrogen-bond donors (Lipinski definition) is 1. The van der Waals surface area contributed by atoms with Crippen LogP contribution in [-0.2, 0) is 0 Å². The summed E-state index contributed by atoms with van der Waals surface area (Å²) < 4.78 is 7.74. The van der Waals surface area contributed by atoms with Crippen LogP contribution in [0.15, 0.2) is 65.8 Å². The molecule has 0 radical (unpaired) electrons. The van der Waals surface area contributed by atoms with E-state index in [0.29, 0.717) is 11.7 Å². The van der Waals surface area contributed by atoms with Gasteiger partial charge in [0.2, 0.25) is 0 Å². The molecule has 1 N–H and O–H groups in total. The Morgan fingerprint density at radius 2 is 1.73 bits per heavy atom. The summed E-state index contributed by atoms with van der Waals surface area (Å²) in [5.41, 5.74) is 1.07. The number of para-hydroxylation sites is 2. The SMILES string of the molecule is O[C@@H](COc1ccccc1)CSc1nnc(C2CC2)n1-c1ccccc1. The van der Waals surface area contributed by atoms with Crippen molar-refractivity contribution in [1.29, 1.82) is 0 Å². The first kappa shape index (κ1) is 17.1. The minimum atomic E-state index is -0.578. The van der Waals surface area contributed by atoms with E-state index in [2.05, 4.69) is 26.9 Å². The van der Waals surface area contributed by atoms with Gasteiger partial charge in [-0.05, 0) is 37.1 Å². The molecule has 0 unspecified atom stereocenters. The first-order chi connectivity index (χ1) is 12.8. The molecule has 3 aromatic rings. The largest absolute Gasteiger partial charge is 0.491 e. The number of aliphatic hydroxyl groups is 1. The quantitative estimate of drug-likeness (QED) is 0.616. The highest BCUT2D eigenvalue weighted by molar-refractivity contribution is 7.99. The Bertz CT molecular complexity index is 835. The normalized spacial score (nSPS) is 15.0. The molecule has 0 spiro atoms. The summed E-state index contributed by atoms with van der Waals surface area (Å²) >= 11 is 1.51. The van der Waals surface area contributed by atoms with E-state index in [1.54, 1.807) is 0 Å². The van der Waals surface area contributed by atoms with Crippen molar-refractivity contribution in [2.75, 3.05) is 12.4 Å². The summed E-state index contributed by atoms with van der Waals surface area (Å²) in [6.07, 6.45) is 1.76. The van der Waals surface area contributed by atoms with Crippen LogP contribution in [0.25, 0.3) is 5.69 Å². The van der Waals surface area contributed by atoms with Crippen LogP contribution in [0.1, 0.15) is 24.6 Å². The Morgan fingerprint density at radius 3 is 2.42 bits per heavy atom. The Labute approximate surface area is 157 Å². The fourth-order valence-corrected chi connectivity index (χ4v) is 3.59. The molecule has 134 valence electrons. The van der Waals surface area contributed by atoms with Gasteiger partial charge < -0.3 is 9.84 Å². The molecule has 0 amide bonds. The second-order valence-corrected chi connectivity index (χ2v) is 7.36. The summed E-state index contributed by atoms with van der Waals surface area (Å²) in [6, 6.07) is 19.7. The zero-order valence-corrected chi connectivity index (χ0v) is 15.2. The van der Waals surface area contributed by atoms with Crippen molar-refractivity contribution in [3.05, 3.63) is 66.5 Å². The summed E-state index contributed by atoms with van der Waals surface area (Å²) in [7, 11) is 0. The minimum absolute atomic E-state index is 0.256. The molecular weight excluding hydrogens is 346 g/mol. The molecule has 4 rings (SSSR count). The van der Waals surface area contributed by atoms with Crippen LogP contribution in [0, 0.1) is 0 Å². The zero-order chi connectivity index (χ0) is 17.8. The van der Waals surface area contributed by atoms with Gasteiger partial charge in [0, 0.05) is 17.4 Å². The number of aromatic nitrogens is 3. The number of nitrogens with zero attached hydrogens (tertiary/aromatic N) is 3. The van der Waals surface area contributed by atoms with Crippen molar-refractivity contribution in [3.63, 3.8) is 0 Å². The molecule has 0 aliphatic heterocycles. The lowest BCUT2D eigenvalue weighted by molar-refractivity contribution is 0.126. The van der Waals surface area contributed by atoms with Gasteiger partial charge in [-0.3, -0.25) is 4.57 Å². The molecule has 6 heteroatoms. The smallest absolute Gasteiger partial charge is 0.195 e. The Kier molecular flexibility index (Phi) is 5.22. The molecule has 1 heterocycles. The van der Waals surface area contributed by atoms with Crippen LogP contribution in [0.5, 0.6) is 5.75 Å². The van der Waals surface area contributed by atoms with Gasteiger partial charge in [-0.15, -0.1) is 10.2 Å². The Balaban J connectivity index is 1.42. The van der Waals surface area contributed by atoms with Gasteiger partial charge in [0.05, 0.1) is 6.10 Å². The molecule has 0 bridgehead atoms. The number of ether oxygens (including phenoxy) is 1. The van der Waals surface area contributed by atoms with Crippen molar-refractivity contribution in [2.45, 2.75) is 30.0 Å². The van der Waals surface area contributed by atoms with E-state index in [4.69, 9.17) is 4.74 Å². The Hall–Kier alpha value is -2.31. The lowest BCUT2D eigenvalue weighted by Gasteiger charge is -2.13. The van der Waals surface area contributed by atoms with Gasteiger partial charge in [-0.2, -0.15) is 0 Å². The molecular formula is C20H21N3O2S. The van der Waals surface area contributed by atoms with Crippen molar-refractivity contribution in [1.82, 2.24) is 14.8 Å². The van der Waals surface area contributed by atoms with E-state index < -0.39 is 6.10 Å². The van der Waals surface area contributed by atoms with Crippen molar-refractivity contribution in [2.24, 2.45) is 0 Å². The highest BCUT2D eigenvalue weighted by atomic mass is 32.2. The van der Waals surface area contributed by atoms with Gasteiger partial charge in [-0.1, -0.05) is 48.2 Å². The van der Waals surface area contributed by atoms with Crippen LogP contribution in [0.2, 0.25) is 0 Å². The van der Waals surface area contributed by atoms with Crippen molar-refractivity contribution in [3.8, 4) is 11.4 Å². The monoisotopic (exact) mass is 367 g/mol. The average molecular weight is 367 g/mol. The van der Waals surface area contributed by atoms with E-state index in [1.165, 1.54) is 24.6 Å². The van der Waals surface area contributed by atoms with Crippen LogP contribution in [0.4, 0.5) is 0 Å². The lowest BCUT2D eigenvalue weighted by Crippen LogP contribution is -2.20. The van der Waals surface area contributed by atoms with Crippen LogP contribution in [0.3, 0.4) is 0 Å². The summed E-state index contributed by atoms with van der Waals surface area (Å²) in [4.78, 5) is 0. The van der Waals surface area contributed by atoms with Gasteiger partial charge in [0.25, 0.3) is 0 Å². The zero-order valence-electron chi connectivity index (χ0n) is 14.4. The lowest BCUT2D eigenvalue weighted by atomic mass is 10.3. The minimum Gasteiger partial charge on any atom is -0.491 e. The van der Waals surface area contributed by atoms with Gasteiger partial charge in [-0.25, -0.2) is 0 Å². The first-order valence-corrected chi connectivity index (χ1v) is 9.79. The van der Waals surface area contributed by atoms with Gasteiger partial charge in [0.15, 0.2) is 5.16 Å². The topological polar surface area (TPSA) is 60.2 Å². The summed E-state index contributed by atoms with van der Waals surface area (Å²) in [6.45, 7) is 0.256.